The second-order valence-corrected chi connectivity index (χ2v) is 6.46. The molecule has 0 spiro atoms. The number of nitrogens with one attached hydrogen (secondary N) is 1. The summed E-state index contributed by atoms with van der Waals surface area (Å²) in [6.07, 6.45) is 2.94. The summed E-state index contributed by atoms with van der Waals surface area (Å²) in [6.45, 7) is 8.80. The number of rotatable bonds is 3. The van der Waals surface area contributed by atoms with Crippen LogP contribution >= 0.6 is 0 Å². The molecular weight excluding hydrogens is 240 g/mol. The van der Waals surface area contributed by atoms with Crippen molar-refractivity contribution >= 4 is 5.91 Å². The van der Waals surface area contributed by atoms with Crippen molar-refractivity contribution in [3.63, 3.8) is 0 Å². The van der Waals surface area contributed by atoms with Crippen molar-refractivity contribution in [2.45, 2.75) is 33.1 Å². The number of hydrogen-bond donors (Lipinski definition) is 1. The molecule has 110 valence electrons. The van der Waals surface area contributed by atoms with Gasteiger partial charge in [0.1, 0.15) is 0 Å². The Morgan fingerprint density at radius 1 is 1.32 bits per heavy atom. The van der Waals surface area contributed by atoms with Crippen LogP contribution in [0.5, 0.6) is 0 Å². The second-order valence-electron chi connectivity index (χ2n) is 6.46. The van der Waals surface area contributed by atoms with Gasteiger partial charge in [0.25, 0.3) is 0 Å². The minimum Gasteiger partial charge on any atom is -0.384 e. The first-order valence-corrected chi connectivity index (χ1v) is 7.58. The van der Waals surface area contributed by atoms with E-state index in [1.807, 2.05) is 0 Å². The van der Waals surface area contributed by atoms with Crippen molar-refractivity contribution in [2.75, 3.05) is 39.9 Å². The van der Waals surface area contributed by atoms with Crippen LogP contribution < -0.4 is 5.32 Å². The Labute approximate surface area is 116 Å². The van der Waals surface area contributed by atoms with Crippen LogP contribution in [0.3, 0.4) is 0 Å². The first-order chi connectivity index (χ1) is 9.09. The summed E-state index contributed by atoms with van der Waals surface area (Å²) >= 11 is 0. The molecule has 0 radical (unpaired) electrons. The largest absolute Gasteiger partial charge is 0.384 e. The van der Waals surface area contributed by atoms with Crippen molar-refractivity contribution in [1.82, 2.24) is 10.2 Å². The van der Waals surface area contributed by atoms with Gasteiger partial charge in [-0.25, -0.2) is 0 Å². The minimum absolute atomic E-state index is 0.277. The second kappa shape index (κ2) is 6.23. The Kier molecular flexibility index (Phi) is 4.85. The van der Waals surface area contributed by atoms with Gasteiger partial charge in [-0.05, 0) is 44.2 Å². The molecule has 2 atom stereocenters. The normalized spacial score (nSPS) is 31.2. The third-order valence-corrected chi connectivity index (χ3v) is 5.06. The summed E-state index contributed by atoms with van der Waals surface area (Å²) in [4.78, 5) is 15.0. The highest BCUT2D eigenvalue weighted by Crippen LogP contribution is 2.34. The van der Waals surface area contributed by atoms with Crippen molar-refractivity contribution < 1.29 is 9.53 Å². The smallest absolute Gasteiger partial charge is 0.231 e. The third kappa shape index (κ3) is 3.11. The minimum atomic E-state index is -0.277. The van der Waals surface area contributed by atoms with Gasteiger partial charge in [0, 0.05) is 20.2 Å². The molecule has 2 unspecified atom stereocenters. The van der Waals surface area contributed by atoms with Crippen LogP contribution in [0.2, 0.25) is 0 Å². The lowest BCUT2D eigenvalue weighted by Gasteiger charge is -2.43. The zero-order valence-corrected chi connectivity index (χ0v) is 12.6. The Bertz CT molecular complexity index is 308. The van der Waals surface area contributed by atoms with E-state index in [2.05, 4.69) is 24.1 Å². The predicted octanol–water partition coefficient (Wildman–Crippen LogP) is 1.51. The fourth-order valence-electron chi connectivity index (χ4n) is 3.38. The maximum atomic E-state index is 12.9. The Morgan fingerprint density at radius 2 is 2.00 bits per heavy atom. The number of piperidine rings is 2. The van der Waals surface area contributed by atoms with Gasteiger partial charge in [0.15, 0.2) is 0 Å². The van der Waals surface area contributed by atoms with Crippen LogP contribution in [0.1, 0.15) is 33.1 Å². The molecule has 0 saturated carbocycles. The molecular formula is C15H28N2O2. The molecule has 2 aliphatic heterocycles. The van der Waals surface area contributed by atoms with Crippen LogP contribution in [0.4, 0.5) is 0 Å². The molecule has 2 aliphatic rings. The number of methoxy groups -OCH3 is 1. The van der Waals surface area contributed by atoms with E-state index in [9.17, 15) is 4.79 Å². The van der Waals surface area contributed by atoms with Crippen molar-refractivity contribution in [3.05, 3.63) is 0 Å². The molecule has 0 aliphatic carbocycles. The highest BCUT2D eigenvalue weighted by molar-refractivity contribution is 5.83. The molecule has 2 heterocycles. The van der Waals surface area contributed by atoms with E-state index < -0.39 is 0 Å². The first-order valence-electron chi connectivity index (χ1n) is 7.58. The summed E-state index contributed by atoms with van der Waals surface area (Å²) in [5.74, 6) is 1.67. The number of hydrogen-bond acceptors (Lipinski definition) is 3. The molecule has 0 bridgehead atoms. The SMILES string of the molecule is COCC1(C(=O)N2CCC(C)C(C)C2)CCNCC1. The zero-order valence-electron chi connectivity index (χ0n) is 12.6. The average Bonchev–Trinajstić information content (AvgIpc) is 2.42. The standard InChI is InChI=1S/C15H28N2O2/c1-12-4-9-17(10-13(12)2)14(18)15(11-19-3)5-7-16-8-6-15/h12-13,16H,4-11H2,1-3H3. The lowest BCUT2D eigenvalue weighted by atomic mass is 9.77. The molecule has 4 heteroatoms. The zero-order chi connectivity index (χ0) is 13.9. The first kappa shape index (κ1) is 14.8. The van der Waals surface area contributed by atoms with Gasteiger partial charge in [0.2, 0.25) is 5.91 Å². The molecule has 4 nitrogen and oxygen atoms in total. The van der Waals surface area contributed by atoms with E-state index in [4.69, 9.17) is 4.74 Å². The topological polar surface area (TPSA) is 41.6 Å². The molecule has 1 N–H and O–H groups in total. The monoisotopic (exact) mass is 268 g/mol. The molecule has 2 fully saturated rings. The average molecular weight is 268 g/mol. The van der Waals surface area contributed by atoms with E-state index in [0.717, 1.165) is 51.4 Å². The summed E-state index contributed by atoms with van der Waals surface area (Å²) in [7, 11) is 1.71. The van der Waals surface area contributed by atoms with Gasteiger partial charge in [0.05, 0.1) is 12.0 Å². The Morgan fingerprint density at radius 3 is 2.58 bits per heavy atom. The number of amides is 1. The summed E-state index contributed by atoms with van der Waals surface area (Å²) in [5, 5.41) is 3.35. The van der Waals surface area contributed by atoms with E-state index in [1.165, 1.54) is 0 Å². The van der Waals surface area contributed by atoms with Crippen molar-refractivity contribution in [2.24, 2.45) is 17.3 Å². The third-order valence-electron chi connectivity index (χ3n) is 5.06. The lowest BCUT2D eigenvalue weighted by molar-refractivity contribution is -0.150. The highest BCUT2D eigenvalue weighted by atomic mass is 16.5. The lowest BCUT2D eigenvalue weighted by Crippen LogP contribution is -2.54. The van der Waals surface area contributed by atoms with Crippen LogP contribution in [-0.4, -0.2) is 50.7 Å². The summed E-state index contributed by atoms with van der Waals surface area (Å²) < 4.78 is 5.37. The summed E-state index contributed by atoms with van der Waals surface area (Å²) in [6, 6.07) is 0. The molecule has 0 aromatic rings. The molecule has 2 rings (SSSR count). The maximum absolute atomic E-state index is 12.9. The maximum Gasteiger partial charge on any atom is 0.231 e. The molecule has 0 aromatic heterocycles. The highest BCUT2D eigenvalue weighted by Gasteiger charge is 2.43. The summed E-state index contributed by atoms with van der Waals surface area (Å²) in [5.41, 5.74) is -0.277. The molecule has 0 aromatic carbocycles. The number of likely N-dealkylation sites (tertiary alicyclic amines) is 1. The number of ether oxygens (including phenoxy) is 1. The van der Waals surface area contributed by atoms with E-state index in [0.29, 0.717) is 18.4 Å². The van der Waals surface area contributed by atoms with Crippen molar-refractivity contribution in [1.29, 1.82) is 0 Å². The van der Waals surface area contributed by atoms with Crippen LogP contribution in [-0.2, 0) is 9.53 Å². The van der Waals surface area contributed by atoms with E-state index >= 15 is 0 Å². The fourth-order valence-corrected chi connectivity index (χ4v) is 3.38. The molecule has 19 heavy (non-hydrogen) atoms. The van der Waals surface area contributed by atoms with Crippen LogP contribution in [0, 0.1) is 17.3 Å². The van der Waals surface area contributed by atoms with Gasteiger partial charge in [-0.15, -0.1) is 0 Å². The number of nitrogens with zero attached hydrogens (tertiary/aromatic N) is 1. The Hall–Kier alpha value is -0.610. The van der Waals surface area contributed by atoms with Gasteiger partial charge >= 0.3 is 0 Å². The van der Waals surface area contributed by atoms with Gasteiger partial charge in [-0.3, -0.25) is 4.79 Å². The van der Waals surface area contributed by atoms with Gasteiger partial charge in [-0.1, -0.05) is 13.8 Å². The number of carbonyl (C=O) groups excluding carboxylic acids is 1. The van der Waals surface area contributed by atoms with Gasteiger partial charge in [-0.2, -0.15) is 0 Å². The predicted molar refractivity (Wildman–Crippen MR) is 75.9 cm³/mol. The van der Waals surface area contributed by atoms with E-state index in [-0.39, 0.29) is 5.41 Å². The van der Waals surface area contributed by atoms with E-state index in [1.54, 1.807) is 7.11 Å². The van der Waals surface area contributed by atoms with Crippen molar-refractivity contribution in [3.8, 4) is 0 Å². The molecule has 1 amide bonds. The van der Waals surface area contributed by atoms with Crippen LogP contribution in [0.25, 0.3) is 0 Å². The molecule has 2 saturated heterocycles. The van der Waals surface area contributed by atoms with Gasteiger partial charge < -0.3 is 15.0 Å². The quantitative estimate of drug-likeness (QED) is 0.843. The van der Waals surface area contributed by atoms with Crippen LogP contribution in [0.15, 0.2) is 0 Å². The number of carbonyl (C=O) groups is 1. The fraction of sp³-hybridized carbons (Fsp3) is 0.933. The Balaban J connectivity index is 2.06.